The molecule has 0 aromatic carbocycles. The number of methoxy groups -OCH3 is 1. The van der Waals surface area contributed by atoms with Crippen LogP contribution in [-0.4, -0.2) is 47.2 Å². The number of amides is 1. The predicted molar refractivity (Wildman–Crippen MR) is 85.4 cm³/mol. The molecule has 2 N–H and O–H groups in total. The normalized spacial score (nSPS) is 17.7. The van der Waals surface area contributed by atoms with Crippen molar-refractivity contribution in [2.75, 3.05) is 19.4 Å². The van der Waals surface area contributed by atoms with Gasteiger partial charge in [-0.2, -0.15) is 0 Å². The van der Waals surface area contributed by atoms with Crippen molar-refractivity contribution in [2.45, 2.75) is 32.4 Å². The summed E-state index contributed by atoms with van der Waals surface area (Å²) < 4.78 is 10.1. The van der Waals surface area contributed by atoms with E-state index in [0.717, 1.165) is 5.57 Å². The van der Waals surface area contributed by atoms with Crippen LogP contribution in [0.3, 0.4) is 0 Å². The van der Waals surface area contributed by atoms with Crippen LogP contribution in [0.2, 0.25) is 0 Å². The number of ether oxygens (including phenoxy) is 2. The molecule has 0 saturated carbocycles. The molecule has 0 unspecified atom stereocenters. The largest absolute Gasteiger partial charge is 0.467 e. The fraction of sp³-hybridized carbons (Fsp3) is 0.438. The smallest absolute Gasteiger partial charge is 0.411 e. The van der Waals surface area contributed by atoms with E-state index in [-0.39, 0.29) is 6.54 Å². The highest BCUT2D eigenvalue weighted by atomic mass is 16.6. The Morgan fingerprint density at radius 2 is 2.04 bits per heavy atom. The molecule has 1 amide bonds. The van der Waals surface area contributed by atoms with Gasteiger partial charge in [0, 0.05) is 0 Å². The number of aromatic nitrogens is 1. The van der Waals surface area contributed by atoms with E-state index in [1.807, 2.05) is 0 Å². The number of hydrogen-bond donors (Lipinski definition) is 1. The maximum atomic E-state index is 12.4. The molecule has 0 radical (unpaired) electrons. The van der Waals surface area contributed by atoms with Gasteiger partial charge in [0.25, 0.3) is 0 Å². The first-order chi connectivity index (χ1) is 10.7. The zero-order valence-electron chi connectivity index (χ0n) is 13.7. The second-order valence-electron chi connectivity index (χ2n) is 6.22. The second-order valence-corrected chi connectivity index (χ2v) is 6.22. The summed E-state index contributed by atoms with van der Waals surface area (Å²) in [5.41, 5.74) is 6.37. The summed E-state index contributed by atoms with van der Waals surface area (Å²) >= 11 is 0. The predicted octanol–water partition coefficient (Wildman–Crippen LogP) is 1.84. The van der Waals surface area contributed by atoms with Crippen LogP contribution in [-0.2, 0) is 14.3 Å². The van der Waals surface area contributed by atoms with Gasteiger partial charge in [0.1, 0.15) is 11.4 Å². The molecule has 0 aliphatic carbocycles. The van der Waals surface area contributed by atoms with Gasteiger partial charge >= 0.3 is 12.1 Å². The third kappa shape index (κ3) is 4.00. The first kappa shape index (κ1) is 16.8. The third-order valence-corrected chi connectivity index (χ3v) is 3.21. The van der Waals surface area contributed by atoms with Gasteiger partial charge in [-0.25, -0.2) is 14.6 Å². The van der Waals surface area contributed by atoms with Crippen LogP contribution < -0.4 is 5.73 Å². The quantitative estimate of drug-likeness (QED) is 0.836. The molecule has 23 heavy (non-hydrogen) atoms. The number of carbonyl (C=O) groups is 2. The topological polar surface area (TPSA) is 94.8 Å². The Kier molecular flexibility index (Phi) is 4.58. The summed E-state index contributed by atoms with van der Waals surface area (Å²) in [6, 6.07) is 4.37. The standard InChI is InChI=1S/C16H21N3O4/c1-16(2,3)23-15(21)19-9-10(8-12(19)14(20)22-4)11-6-5-7-13(17)18-11/h5-8,12H,9H2,1-4H3,(H2,17,18)/t12-/m0/s1. The lowest BCUT2D eigenvalue weighted by Gasteiger charge is -2.27. The lowest BCUT2D eigenvalue weighted by Crippen LogP contribution is -2.44. The van der Waals surface area contributed by atoms with E-state index < -0.39 is 23.7 Å². The fourth-order valence-corrected chi connectivity index (χ4v) is 2.23. The van der Waals surface area contributed by atoms with Gasteiger partial charge in [-0.15, -0.1) is 0 Å². The minimum absolute atomic E-state index is 0.200. The Hall–Kier alpha value is -2.57. The van der Waals surface area contributed by atoms with E-state index in [9.17, 15) is 9.59 Å². The van der Waals surface area contributed by atoms with Crippen LogP contribution in [0, 0.1) is 0 Å². The third-order valence-electron chi connectivity index (χ3n) is 3.21. The van der Waals surface area contributed by atoms with Crippen molar-refractivity contribution >= 4 is 23.5 Å². The SMILES string of the molecule is COC(=O)[C@@H]1C=C(c2cccc(N)n2)CN1C(=O)OC(C)(C)C. The zero-order chi connectivity index (χ0) is 17.2. The number of nitrogen functional groups attached to an aromatic ring is 1. The van der Waals surface area contributed by atoms with Crippen LogP contribution in [0.4, 0.5) is 10.6 Å². The van der Waals surface area contributed by atoms with E-state index in [1.54, 1.807) is 45.0 Å². The molecule has 0 spiro atoms. The van der Waals surface area contributed by atoms with Crippen molar-refractivity contribution in [1.29, 1.82) is 0 Å². The molecule has 1 aromatic rings. The Balaban J connectivity index is 2.28. The van der Waals surface area contributed by atoms with E-state index in [1.165, 1.54) is 12.0 Å². The van der Waals surface area contributed by atoms with Crippen LogP contribution in [0.25, 0.3) is 5.57 Å². The van der Waals surface area contributed by atoms with Gasteiger partial charge in [0.2, 0.25) is 0 Å². The summed E-state index contributed by atoms with van der Waals surface area (Å²) in [6.45, 7) is 5.50. The van der Waals surface area contributed by atoms with Crippen molar-refractivity contribution in [3.05, 3.63) is 30.0 Å². The summed E-state index contributed by atoms with van der Waals surface area (Å²) in [7, 11) is 1.28. The van der Waals surface area contributed by atoms with Crippen molar-refractivity contribution in [1.82, 2.24) is 9.88 Å². The Morgan fingerprint density at radius 3 is 2.61 bits per heavy atom. The second kappa shape index (κ2) is 6.28. The van der Waals surface area contributed by atoms with E-state index >= 15 is 0 Å². The molecular formula is C16H21N3O4. The average molecular weight is 319 g/mol. The van der Waals surface area contributed by atoms with Crippen LogP contribution in [0.1, 0.15) is 26.5 Å². The minimum Gasteiger partial charge on any atom is -0.467 e. The number of nitrogens with zero attached hydrogens (tertiary/aromatic N) is 2. The van der Waals surface area contributed by atoms with Gasteiger partial charge in [0.15, 0.2) is 6.04 Å². The molecule has 7 nitrogen and oxygen atoms in total. The molecule has 1 aliphatic rings. The van der Waals surface area contributed by atoms with Gasteiger partial charge in [0.05, 0.1) is 19.3 Å². The number of pyridine rings is 1. The monoisotopic (exact) mass is 319 g/mol. The fourth-order valence-electron chi connectivity index (χ4n) is 2.23. The molecule has 0 saturated heterocycles. The van der Waals surface area contributed by atoms with Crippen molar-refractivity contribution < 1.29 is 19.1 Å². The molecule has 124 valence electrons. The van der Waals surface area contributed by atoms with Gasteiger partial charge in [-0.05, 0) is 44.6 Å². The summed E-state index contributed by atoms with van der Waals surface area (Å²) in [4.78, 5) is 29.9. The number of hydrogen-bond acceptors (Lipinski definition) is 6. The summed E-state index contributed by atoms with van der Waals surface area (Å²) in [5.74, 6) is -0.163. The lowest BCUT2D eigenvalue weighted by atomic mass is 10.1. The maximum Gasteiger partial charge on any atom is 0.411 e. The van der Waals surface area contributed by atoms with Gasteiger partial charge in [-0.1, -0.05) is 6.07 Å². The molecule has 1 aliphatic heterocycles. The molecule has 1 aromatic heterocycles. The molecule has 2 rings (SSSR count). The maximum absolute atomic E-state index is 12.4. The van der Waals surface area contributed by atoms with Gasteiger partial charge < -0.3 is 15.2 Å². The van der Waals surface area contributed by atoms with E-state index in [4.69, 9.17) is 15.2 Å². The van der Waals surface area contributed by atoms with Crippen molar-refractivity contribution in [3.63, 3.8) is 0 Å². The average Bonchev–Trinajstić information content (AvgIpc) is 2.90. The van der Waals surface area contributed by atoms with Gasteiger partial charge in [-0.3, -0.25) is 4.90 Å². The highest BCUT2D eigenvalue weighted by Gasteiger charge is 2.37. The number of carbonyl (C=O) groups excluding carboxylic acids is 2. The molecule has 7 heteroatoms. The van der Waals surface area contributed by atoms with Crippen LogP contribution in [0.5, 0.6) is 0 Å². The molecule has 1 atom stereocenters. The summed E-state index contributed by atoms with van der Waals surface area (Å²) in [5, 5.41) is 0. The minimum atomic E-state index is -0.840. The van der Waals surface area contributed by atoms with Crippen LogP contribution in [0.15, 0.2) is 24.3 Å². The summed E-state index contributed by atoms with van der Waals surface area (Å²) in [6.07, 6.45) is 1.07. The molecular weight excluding hydrogens is 298 g/mol. The highest BCUT2D eigenvalue weighted by molar-refractivity contribution is 5.89. The first-order valence-electron chi connectivity index (χ1n) is 7.22. The Labute approximate surface area is 135 Å². The van der Waals surface area contributed by atoms with Crippen LogP contribution >= 0.6 is 0 Å². The first-order valence-corrected chi connectivity index (χ1v) is 7.22. The molecule has 2 heterocycles. The number of rotatable bonds is 2. The zero-order valence-corrected chi connectivity index (χ0v) is 13.7. The lowest BCUT2D eigenvalue weighted by molar-refractivity contribution is -0.144. The molecule has 0 fully saturated rings. The number of anilines is 1. The van der Waals surface area contributed by atoms with Crippen molar-refractivity contribution in [2.24, 2.45) is 0 Å². The highest BCUT2D eigenvalue weighted by Crippen LogP contribution is 2.27. The number of esters is 1. The number of nitrogens with two attached hydrogens (primary N) is 1. The Bertz CT molecular complexity index is 649. The van der Waals surface area contributed by atoms with E-state index in [2.05, 4.69) is 4.98 Å². The molecule has 0 bridgehead atoms. The Morgan fingerprint density at radius 1 is 1.35 bits per heavy atom. The van der Waals surface area contributed by atoms with E-state index in [0.29, 0.717) is 11.5 Å². The van der Waals surface area contributed by atoms with Crippen molar-refractivity contribution in [3.8, 4) is 0 Å².